The van der Waals surface area contributed by atoms with Crippen LogP contribution in [-0.2, 0) is 16.0 Å². The Morgan fingerprint density at radius 3 is 2.25 bits per heavy atom. The van der Waals surface area contributed by atoms with Crippen molar-refractivity contribution in [3.8, 4) is 28.4 Å². The molecular formula is C34H40N4O6. The second-order valence-electron chi connectivity index (χ2n) is 10.5. The SMILES string of the molecule is COCCCOc1cccc(-n2c(-c3ccccc3)c(C(=O)N3CCNCC3)n(Cc3cccc(OCCOC)c3)c2=O)c1. The number of nitrogens with one attached hydrogen (secondary N) is 1. The minimum Gasteiger partial charge on any atom is -0.493 e. The quantitative estimate of drug-likeness (QED) is 0.220. The van der Waals surface area contributed by atoms with Crippen molar-refractivity contribution in [1.29, 1.82) is 0 Å². The molecule has 3 aromatic carbocycles. The minimum absolute atomic E-state index is 0.180. The number of aromatic nitrogens is 2. The molecule has 0 saturated carbocycles. The van der Waals surface area contributed by atoms with E-state index in [2.05, 4.69) is 5.32 Å². The third-order valence-corrected chi connectivity index (χ3v) is 7.43. The predicted octanol–water partition coefficient (Wildman–Crippen LogP) is 3.84. The van der Waals surface area contributed by atoms with E-state index < -0.39 is 0 Å². The molecule has 1 amide bonds. The van der Waals surface area contributed by atoms with Crippen LogP contribution in [-0.4, -0.2) is 86.8 Å². The van der Waals surface area contributed by atoms with Crippen LogP contribution in [0.3, 0.4) is 0 Å². The maximum absolute atomic E-state index is 14.5. The summed E-state index contributed by atoms with van der Waals surface area (Å²) in [4.78, 5) is 30.7. The maximum Gasteiger partial charge on any atom is 0.334 e. The number of carbonyl (C=O) groups is 1. The molecule has 0 atom stereocenters. The predicted molar refractivity (Wildman–Crippen MR) is 169 cm³/mol. The summed E-state index contributed by atoms with van der Waals surface area (Å²) in [5.41, 5.74) is 2.80. The van der Waals surface area contributed by atoms with Gasteiger partial charge in [-0.05, 0) is 29.8 Å². The van der Waals surface area contributed by atoms with Gasteiger partial charge in [0.25, 0.3) is 5.91 Å². The van der Waals surface area contributed by atoms with Crippen LogP contribution in [0, 0.1) is 0 Å². The second-order valence-corrected chi connectivity index (χ2v) is 10.5. The van der Waals surface area contributed by atoms with E-state index in [1.807, 2.05) is 83.8 Å². The van der Waals surface area contributed by atoms with E-state index in [1.54, 1.807) is 23.4 Å². The molecule has 5 rings (SSSR count). The van der Waals surface area contributed by atoms with Crippen molar-refractivity contribution in [3.63, 3.8) is 0 Å². The van der Waals surface area contributed by atoms with Crippen LogP contribution >= 0.6 is 0 Å². The lowest BCUT2D eigenvalue weighted by atomic mass is 10.1. The van der Waals surface area contributed by atoms with Crippen LogP contribution in [0.4, 0.5) is 0 Å². The molecule has 1 saturated heterocycles. The highest BCUT2D eigenvalue weighted by Crippen LogP contribution is 2.30. The van der Waals surface area contributed by atoms with Crippen LogP contribution in [0.5, 0.6) is 11.5 Å². The first-order valence-corrected chi connectivity index (χ1v) is 14.9. The van der Waals surface area contributed by atoms with Crippen molar-refractivity contribution >= 4 is 5.91 Å². The van der Waals surface area contributed by atoms with Crippen LogP contribution in [0.2, 0.25) is 0 Å². The molecule has 1 N–H and O–H groups in total. The molecule has 10 heteroatoms. The average molecular weight is 601 g/mol. The number of benzene rings is 3. The van der Waals surface area contributed by atoms with Gasteiger partial charge in [0.15, 0.2) is 0 Å². The van der Waals surface area contributed by atoms with Gasteiger partial charge in [0.05, 0.1) is 31.1 Å². The van der Waals surface area contributed by atoms with Gasteiger partial charge >= 0.3 is 5.69 Å². The van der Waals surface area contributed by atoms with E-state index in [0.29, 0.717) is 81.2 Å². The lowest BCUT2D eigenvalue weighted by Gasteiger charge is -2.28. The summed E-state index contributed by atoms with van der Waals surface area (Å²) >= 11 is 0. The fourth-order valence-corrected chi connectivity index (χ4v) is 5.29. The number of ether oxygens (including phenoxy) is 4. The van der Waals surface area contributed by atoms with Gasteiger partial charge in [0.2, 0.25) is 0 Å². The molecule has 0 unspecified atom stereocenters. The standard InChI is InChI=1S/C34H40N4O6/c1-41-19-8-20-43-30-14-7-12-28(24-30)38-31(27-10-4-3-5-11-27)32(33(39)36-17-15-35-16-18-36)37(34(38)40)25-26-9-6-13-29(23-26)44-22-21-42-2/h3-7,9-14,23-24,35H,8,15-22,25H2,1-2H3. The third-order valence-electron chi connectivity index (χ3n) is 7.43. The Bertz CT molecular complexity index is 1580. The van der Waals surface area contributed by atoms with Crippen molar-refractivity contribution in [1.82, 2.24) is 19.4 Å². The van der Waals surface area contributed by atoms with E-state index in [4.69, 9.17) is 18.9 Å². The first-order chi connectivity index (χ1) is 21.6. The van der Waals surface area contributed by atoms with E-state index in [9.17, 15) is 9.59 Å². The molecule has 44 heavy (non-hydrogen) atoms. The molecule has 2 heterocycles. The zero-order valence-electron chi connectivity index (χ0n) is 25.4. The minimum atomic E-state index is -0.315. The molecule has 0 radical (unpaired) electrons. The number of carbonyl (C=O) groups excluding carboxylic acids is 1. The number of piperazine rings is 1. The molecule has 0 bridgehead atoms. The molecule has 1 aliphatic rings. The van der Waals surface area contributed by atoms with Crippen molar-refractivity contribution in [2.24, 2.45) is 0 Å². The first kappa shape index (κ1) is 31.1. The van der Waals surface area contributed by atoms with Gasteiger partial charge < -0.3 is 29.2 Å². The fourth-order valence-electron chi connectivity index (χ4n) is 5.29. The summed E-state index contributed by atoms with van der Waals surface area (Å²) in [6, 6.07) is 24.6. The molecule has 10 nitrogen and oxygen atoms in total. The van der Waals surface area contributed by atoms with E-state index >= 15 is 0 Å². The monoisotopic (exact) mass is 600 g/mol. The number of amides is 1. The largest absolute Gasteiger partial charge is 0.493 e. The third kappa shape index (κ3) is 7.39. The van der Waals surface area contributed by atoms with Crippen LogP contribution in [0.15, 0.2) is 83.7 Å². The van der Waals surface area contributed by atoms with Crippen LogP contribution in [0.25, 0.3) is 16.9 Å². The summed E-state index contributed by atoms with van der Waals surface area (Å²) in [6.07, 6.45) is 0.740. The van der Waals surface area contributed by atoms with Gasteiger partial charge in [-0.15, -0.1) is 0 Å². The summed E-state index contributed by atoms with van der Waals surface area (Å²) in [5.74, 6) is 1.12. The zero-order valence-corrected chi connectivity index (χ0v) is 25.4. The summed E-state index contributed by atoms with van der Waals surface area (Å²) in [6.45, 7) is 4.63. The lowest BCUT2D eigenvalue weighted by Crippen LogP contribution is -2.47. The van der Waals surface area contributed by atoms with Gasteiger partial charge in [-0.3, -0.25) is 13.9 Å². The Balaban J connectivity index is 1.64. The van der Waals surface area contributed by atoms with E-state index in [-0.39, 0.29) is 18.1 Å². The Morgan fingerprint density at radius 1 is 0.795 bits per heavy atom. The summed E-state index contributed by atoms with van der Waals surface area (Å²) in [7, 11) is 3.29. The molecule has 0 aliphatic carbocycles. The maximum atomic E-state index is 14.5. The Hall–Kier alpha value is -4.38. The van der Waals surface area contributed by atoms with E-state index in [1.165, 1.54) is 0 Å². The first-order valence-electron chi connectivity index (χ1n) is 14.9. The van der Waals surface area contributed by atoms with Crippen molar-refractivity contribution in [3.05, 3.63) is 101 Å². The van der Waals surface area contributed by atoms with Crippen molar-refractivity contribution in [2.45, 2.75) is 13.0 Å². The van der Waals surface area contributed by atoms with Crippen molar-refractivity contribution < 1.29 is 23.7 Å². The Morgan fingerprint density at radius 2 is 1.50 bits per heavy atom. The molecular weight excluding hydrogens is 560 g/mol. The van der Waals surface area contributed by atoms with Gasteiger partial charge in [0, 0.05) is 65.1 Å². The highest BCUT2D eigenvalue weighted by molar-refractivity contribution is 5.99. The highest BCUT2D eigenvalue weighted by Gasteiger charge is 2.31. The average Bonchev–Trinajstić information content (AvgIpc) is 3.35. The van der Waals surface area contributed by atoms with Gasteiger partial charge in [-0.1, -0.05) is 48.5 Å². The van der Waals surface area contributed by atoms with Crippen molar-refractivity contribution in [2.75, 3.05) is 66.8 Å². The lowest BCUT2D eigenvalue weighted by molar-refractivity contribution is 0.0725. The zero-order chi connectivity index (χ0) is 30.7. The smallest absolute Gasteiger partial charge is 0.334 e. The molecule has 1 aromatic heterocycles. The normalized spacial score (nSPS) is 13.2. The number of nitrogens with zero attached hydrogens (tertiary/aromatic N) is 3. The van der Waals surface area contributed by atoms with E-state index in [0.717, 1.165) is 17.5 Å². The highest BCUT2D eigenvalue weighted by atomic mass is 16.5. The van der Waals surface area contributed by atoms with Crippen LogP contribution in [0.1, 0.15) is 22.5 Å². The number of imidazole rings is 1. The summed E-state index contributed by atoms with van der Waals surface area (Å²) < 4.78 is 25.3. The number of rotatable bonds is 14. The topological polar surface area (TPSA) is 96.2 Å². The van der Waals surface area contributed by atoms with Gasteiger partial charge in [-0.2, -0.15) is 0 Å². The second kappa shape index (κ2) is 15.4. The molecule has 1 aliphatic heterocycles. The number of hydrogen-bond donors (Lipinski definition) is 1. The number of methoxy groups -OCH3 is 2. The molecule has 0 spiro atoms. The molecule has 232 valence electrons. The van der Waals surface area contributed by atoms with Gasteiger partial charge in [0.1, 0.15) is 23.8 Å². The Labute approximate surface area is 257 Å². The van der Waals surface area contributed by atoms with Gasteiger partial charge in [-0.25, -0.2) is 4.79 Å². The summed E-state index contributed by atoms with van der Waals surface area (Å²) in [5, 5.41) is 3.31. The fraction of sp³-hybridized carbons (Fsp3) is 0.353. The number of hydrogen-bond acceptors (Lipinski definition) is 7. The molecule has 1 fully saturated rings. The molecule has 4 aromatic rings. The van der Waals surface area contributed by atoms with Crippen LogP contribution < -0.4 is 20.5 Å². The Kier molecular flexibility index (Phi) is 10.9.